The van der Waals surface area contributed by atoms with Crippen molar-refractivity contribution in [3.63, 3.8) is 0 Å². The van der Waals surface area contributed by atoms with Crippen LogP contribution < -0.4 is 0 Å². The predicted molar refractivity (Wildman–Crippen MR) is 89.9 cm³/mol. The summed E-state index contributed by atoms with van der Waals surface area (Å²) >= 11 is 0. The Morgan fingerprint density at radius 1 is 0.920 bits per heavy atom. The number of nitrogens with zero attached hydrogens (tertiary/aromatic N) is 2. The largest absolute Gasteiger partial charge is 0.462 e. The average molecular weight is 342 g/mol. The van der Waals surface area contributed by atoms with Gasteiger partial charge in [0.25, 0.3) is 11.4 Å². The summed E-state index contributed by atoms with van der Waals surface area (Å²) in [5.41, 5.74) is 1.44. The van der Waals surface area contributed by atoms with Gasteiger partial charge in [-0.25, -0.2) is 4.79 Å². The molecule has 0 bridgehead atoms. The fourth-order valence-corrected chi connectivity index (χ4v) is 1.97. The van der Waals surface area contributed by atoms with Crippen LogP contribution in [0.1, 0.15) is 11.1 Å². The van der Waals surface area contributed by atoms with Crippen LogP contribution in [0.3, 0.4) is 0 Å². The first kappa shape index (κ1) is 17.8. The summed E-state index contributed by atoms with van der Waals surface area (Å²) in [4.78, 5) is 31.7. The summed E-state index contributed by atoms with van der Waals surface area (Å²) < 4.78 is 5.04. The van der Waals surface area contributed by atoms with E-state index in [0.29, 0.717) is 12.0 Å². The highest BCUT2D eigenvalue weighted by Gasteiger charge is 2.05. The molecule has 0 aliphatic heterocycles. The first-order valence-corrected chi connectivity index (χ1v) is 7.28. The van der Waals surface area contributed by atoms with E-state index in [2.05, 4.69) is 0 Å². The lowest BCUT2D eigenvalue weighted by Crippen LogP contribution is -2.04. The third-order valence-electron chi connectivity index (χ3n) is 3.30. The molecule has 0 radical (unpaired) electrons. The molecular formula is C17H14N2O6. The molecule has 0 aliphatic rings. The summed E-state index contributed by atoms with van der Waals surface area (Å²) in [5.74, 6) is -0.541. The SMILES string of the molecule is O=C(/C=C/c1ccc([N+](=O)[O-])cc1)OCCc1ccc([N+](=O)[O-])cc1. The van der Waals surface area contributed by atoms with Crippen molar-refractivity contribution in [1.82, 2.24) is 0 Å². The third-order valence-corrected chi connectivity index (χ3v) is 3.30. The minimum Gasteiger partial charge on any atom is -0.462 e. The number of ether oxygens (including phenoxy) is 1. The lowest BCUT2D eigenvalue weighted by atomic mass is 10.1. The molecule has 0 aliphatic carbocycles. The molecule has 0 saturated heterocycles. The molecule has 0 heterocycles. The first-order valence-electron chi connectivity index (χ1n) is 7.28. The van der Waals surface area contributed by atoms with E-state index in [1.807, 2.05) is 0 Å². The van der Waals surface area contributed by atoms with Crippen LogP contribution in [0, 0.1) is 20.2 Å². The zero-order valence-electron chi connectivity index (χ0n) is 13.0. The topological polar surface area (TPSA) is 113 Å². The molecule has 25 heavy (non-hydrogen) atoms. The Balaban J connectivity index is 1.80. The van der Waals surface area contributed by atoms with Crippen LogP contribution in [0.5, 0.6) is 0 Å². The molecule has 0 spiro atoms. The highest BCUT2D eigenvalue weighted by atomic mass is 16.6. The molecule has 128 valence electrons. The Hall–Kier alpha value is -3.55. The fraction of sp³-hybridized carbons (Fsp3) is 0.118. The van der Waals surface area contributed by atoms with Gasteiger partial charge in [0.1, 0.15) is 0 Å². The Labute approximate surface area is 142 Å². The molecule has 0 N–H and O–H groups in total. The van der Waals surface area contributed by atoms with Gasteiger partial charge >= 0.3 is 5.97 Å². The maximum absolute atomic E-state index is 11.6. The molecule has 8 heteroatoms. The van der Waals surface area contributed by atoms with Gasteiger partial charge in [0.15, 0.2) is 0 Å². The standard InChI is InChI=1S/C17H14N2O6/c20-17(10-5-13-1-6-15(7-2-13)18(21)22)25-12-11-14-3-8-16(9-4-14)19(23)24/h1-10H,11-12H2/b10-5+. The molecule has 0 atom stereocenters. The number of nitro groups is 2. The lowest BCUT2D eigenvalue weighted by molar-refractivity contribution is -0.385. The zero-order chi connectivity index (χ0) is 18.2. The Kier molecular flexibility index (Phi) is 5.94. The van der Waals surface area contributed by atoms with Crippen LogP contribution in [-0.2, 0) is 16.0 Å². The second kappa shape index (κ2) is 8.34. The first-order chi connectivity index (χ1) is 12.0. The number of carbonyl (C=O) groups is 1. The summed E-state index contributed by atoms with van der Waals surface area (Å²) in [7, 11) is 0. The van der Waals surface area contributed by atoms with Gasteiger partial charge in [-0.05, 0) is 29.3 Å². The van der Waals surface area contributed by atoms with E-state index in [1.54, 1.807) is 12.1 Å². The number of nitro benzene ring substituents is 2. The molecule has 2 aromatic rings. The number of benzene rings is 2. The van der Waals surface area contributed by atoms with E-state index in [-0.39, 0.29) is 18.0 Å². The predicted octanol–water partition coefficient (Wildman–Crippen LogP) is 3.30. The average Bonchev–Trinajstić information content (AvgIpc) is 2.60. The van der Waals surface area contributed by atoms with Gasteiger partial charge in [-0.2, -0.15) is 0 Å². The highest BCUT2D eigenvalue weighted by Crippen LogP contribution is 2.13. The highest BCUT2D eigenvalue weighted by molar-refractivity contribution is 5.87. The quantitative estimate of drug-likeness (QED) is 0.330. The zero-order valence-corrected chi connectivity index (χ0v) is 13.0. The molecule has 2 rings (SSSR count). The minimum absolute atomic E-state index is 0.00627. The van der Waals surface area contributed by atoms with Crippen molar-refractivity contribution >= 4 is 23.4 Å². The maximum atomic E-state index is 11.6. The number of non-ortho nitro benzene ring substituents is 2. The molecule has 0 aromatic heterocycles. The van der Waals surface area contributed by atoms with E-state index < -0.39 is 15.8 Å². The van der Waals surface area contributed by atoms with Gasteiger partial charge in [-0.15, -0.1) is 0 Å². The molecule has 0 fully saturated rings. The second-order valence-corrected chi connectivity index (χ2v) is 5.02. The van der Waals surface area contributed by atoms with Gasteiger partial charge in [-0.1, -0.05) is 12.1 Å². The van der Waals surface area contributed by atoms with E-state index in [1.165, 1.54) is 48.6 Å². The van der Waals surface area contributed by atoms with Crippen LogP contribution in [0.15, 0.2) is 54.6 Å². The van der Waals surface area contributed by atoms with Crippen LogP contribution in [0.4, 0.5) is 11.4 Å². The van der Waals surface area contributed by atoms with Crippen molar-refractivity contribution < 1.29 is 19.4 Å². The van der Waals surface area contributed by atoms with Crippen molar-refractivity contribution in [3.05, 3.63) is 86.0 Å². The Bertz CT molecular complexity index is 797. The van der Waals surface area contributed by atoms with Crippen LogP contribution in [0.25, 0.3) is 6.08 Å². The van der Waals surface area contributed by atoms with Crippen molar-refractivity contribution in [2.24, 2.45) is 0 Å². The van der Waals surface area contributed by atoms with E-state index in [9.17, 15) is 25.0 Å². The maximum Gasteiger partial charge on any atom is 0.330 e. The van der Waals surface area contributed by atoms with Crippen LogP contribution in [0.2, 0.25) is 0 Å². The van der Waals surface area contributed by atoms with Crippen LogP contribution >= 0.6 is 0 Å². The van der Waals surface area contributed by atoms with Gasteiger partial charge in [0, 0.05) is 36.8 Å². The number of rotatable bonds is 7. The molecule has 0 amide bonds. The summed E-state index contributed by atoms with van der Waals surface area (Å²) in [6.07, 6.45) is 3.17. The van der Waals surface area contributed by atoms with Crippen molar-refractivity contribution in [2.75, 3.05) is 6.61 Å². The Morgan fingerprint density at radius 3 is 1.96 bits per heavy atom. The summed E-state index contributed by atoms with van der Waals surface area (Å²) in [5, 5.41) is 21.1. The van der Waals surface area contributed by atoms with Crippen molar-refractivity contribution in [2.45, 2.75) is 6.42 Å². The summed E-state index contributed by atoms with van der Waals surface area (Å²) in [6, 6.07) is 11.8. The van der Waals surface area contributed by atoms with Crippen LogP contribution in [-0.4, -0.2) is 22.4 Å². The smallest absolute Gasteiger partial charge is 0.330 e. The molecular weight excluding hydrogens is 328 g/mol. The van der Waals surface area contributed by atoms with E-state index >= 15 is 0 Å². The number of hydrogen-bond acceptors (Lipinski definition) is 6. The van der Waals surface area contributed by atoms with Gasteiger partial charge in [-0.3, -0.25) is 20.2 Å². The monoisotopic (exact) mass is 342 g/mol. The molecule has 2 aromatic carbocycles. The van der Waals surface area contributed by atoms with Gasteiger partial charge in [0.2, 0.25) is 0 Å². The van der Waals surface area contributed by atoms with Gasteiger partial charge in [0.05, 0.1) is 16.5 Å². The molecule has 0 saturated carbocycles. The van der Waals surface area contributed by atoms with Crippen molar-refractivity contribution in [3.8, 4) is 0 Å². The van der Waals surface area contributed by atoms with E-state index in [4.69, 9.17) is 4.74 Å². The number of esters is 1. The Morgan fingerprint density at radius 2 is 1.44 bits per heavy atom. The molecule has 8 nitrogen and oxygen atoms in total. The minimum atomic E-state index is -0.541. The second-order valence-electron chi connectivity index (χ2n) is 5.02. The molecule has 0 unspecified atom stereocenters. The van der Waals surface area contributed by atoms with E-state index in [0.717, 1.165) is 5.56 Å². The fourth-order valence-electron chi connectivity index (χ4n) is 1.97. The lowest BCUT2D eigenvalue weighted by Gasteiger charge is -2.02. The third kappa shape index (κ3) is 5.54. The van der Waals surface area contributed by atoms with Crippen molar-refractivity contribution in [1.29, 1.82) is 0 Å². The number of carbonyl (C=O) groups excluding carboxylic acids is 1. The van der Waals surface area contributed by atoms with Gasteiger partial charge < -0.3 is 4.74 Å². The summed E-state index contributed by atoms with van der Waals surface area (Å²) in [6.45, 7) is 0.140. The normalized spacial score (nSPS) is 10.6. The number of hydrogen-bond donors (Lipinski definition) is 0.